The summed E-state index contributed by atoms with van der Waals surface area (Å²) >= 11 is 0. The summed E-state index contributed by atoms with van der Waals surface area (Å²) in [6, 6.07) is 6.14. The monoisotopic (exact) mass is 329 g/mol. The van der Waals surface area contributed by atoms with Gasteiger partial charge >= 0.3 is 0 Å². The molecule has 1 amide bonds. The van der Waals surface area contributed by atoms with E-state index in [1.165, 1.54) is 12.8 Å². The Kier molecular flexibility index (Phi) is 5.67. The van der Waals surface area contributed by atoms with Crippen LogP contribution in [0.5, 0.6) is 0 Å². The highest BCUT2D eigenvalue weighted by molar-refractivity contribution is 5.81. The van der Waals surface area contributed by atoms with Crippen LogP contribution in [-0.4, -0.2) is 47.9 Å². The minimum absolute atomic E-state index is 0.269. The molecule has 2 aliphatic rings. The van der Waals surface area contributed by atoms with Crippen LogP contribution in [0.1, 0.15) is 37.8 Å². The van der Waals surface area contributed by atoms with Crippen LogP contribution in [0.15, 0.2) is 29.4 Å². The summed E-state index contributed by atoms with van der Waals surface area (Å²) in [7, 11) is 1.77. The third-order valence-electron chi connectivity index (χ3n) is 4.93. The van der Waals surface area contributed by atoms with Crippen molar-refractivity contribution in [3.8, 4) is 0 Å². The Hall–Kier alpha value is -2.11. The summed E-state index contributed by atoms with van der Waals surface area (Å²) in [4.78, 5) is 23.1. The Morgan fingerprint density at radius 3 is 2.88 bits per heavy atom. The number of hydrogen-bond acceptors (Lipinski definition) is 3. The lowest BCUT2D eigenvalue weighted by Gasteiger charge is -2.21. The van der Waals surface area contributed by atoms with Crippen LogP contribution in [0.2, 0.25) is 0 Å². The molecule has 1 saturated heterocycles. The Labute approximate surface area is 143 Å². The van der Waals surface area contributed by atoms with Crippen LogP contribution in [-0.2, 0) is 11.3 Å². The van der Waals surface area contributed by atoms with Gasteiger partial charge in [-0.1, -0.05) is 18.9 Å². The van der Waals surface area contributed by atoms with Crippen molar-refractivity contribution in [2.24, 2.45) is 10.9 Å². The van der Waals surface area contributed by atoms with Gasteiger partial charge in [-0.2, -0.15) is 0 Å². The van der Waals surface area contributed by atoms with Gasteiger partial charge in [-0.3, -0.25) is 14.8 Å². The molecule has 2 fully saturated rings. The molecule has 1 aliphatic heterocycles. The number of aliphatic imine (C=N–C) groups is 1. The third kappa shape index (κ3) is 4.24. The zero-order valence-electron chi connectivity index (χ0n) is 14.4. The van der Waals surface area contributed by atoms with Gasteiger partial charge in [0.05, 0.1) is 12.2 Å². The van der Waals surface area contributed by atoms with Gasteiger partial charge in [0.2, 0.25) is 5.91 Å². The Bertz CT molecular complexity index is 568. The van der Waals surface area contributed by atoms with Crippen molar-refractivity contribution < 1.29 is 4.79 Å². The molecule has 0 bridgehead atoms. The number of aromatic nitrogens is 1. The van der Waals surface area contributed by atoms with E-state index in [0.717, 1.165) is 44.0 Å². The number of hydrogen-bond donors (Lipinski definition) is 2. The SMILES string of the molecule is CN=C(NCc1ccccn1)NC1CCN(C(=O)C2CCCC2)C1. The van der Waals surface area contributed by atoms with E-state index >= 15 is 0 Å². The molecule has 1 aliphatic carbocycles. The molecule has 6 nitrogen and oxygen atoms in total. The highest BCUT2D eigenvalue weighted by Crippen LogP contribution is 2.27. The van der Waals surface area contributed by atoms with Crippen LogP contribution in [0.4, 0.5) is 0 Å². The molecule has 24 heavy (non-hydrogen) atoms. The van der Waals surface area contributed by atoms with E-state index in [0.29, 0.717) is 12.5 Å². The Morgan fingerprint density at radius 2 is 2.17 bits per heavy atom. The first-order chi connectivity index (χ1) is 11.8. The molecule has 0 aromatic carbocycles. The number of likely N-dealkylation sites (tertiary alicyclic amines) is 1. The van der Waals surface area contributed by atoms with Crippen LogP contribution in [0.25, 0.3) is 0 Å². The highest BCUT2D eigenvalue weighted by Gasteiger charge is 2.32. The summed E-state index contributed by atoms with van der Waals surface area (Å²) in [6.45, 7) is 2.27. The second-order valence-electron chi connectivity index (χ2n) is 6.64. The smallest absolute Gasteiger partial charge is 0.225 e. The molecule has 2 N–H and O–H groups in total. The number of pyridine rings is 1. The van der Waals surface area contributed by atoms with Crippen molar-refractivity contribution >= 4 is 11.9 Å². The maximum atomic E-state index is 12.5. The second-order valence-corrected chi connectivity index (χ2v) is 6.64. The summed E-state index contributed by atoms with van der Waals surface area (Å²) in [5.41, 5.74) is 0.977. The number of nitrogens with zero attached hydrogens (tertiary/aromatic N) is 3. The van der Waals surface area contributed by atoms with Crippen molar-refractivity contribution in [1.29, 1.82) is 0 Å². The second kappa shape index (κ2) is 8.13. The lowest BCUT2D eigenvalue weighted by atomic mass is 10.1. The summed E-state index contributed by atoms with van der Waals surface area (Å²) < 4.78 is 0. The number of nitrogens with one attached hydrogen (secondary N) is 2. The molecule has 1 aromatic rings. The molecule has 1 aromatic heterocycles. The van der Waals surface area contributed by atoms with Crippen molar-refractivity contribution in [3.63, 3.8) is 0 Å². The number of guanidine groups is 1. The third-order valence-corrected chi connectivity index (χ3v) is 4.93. The standard InChI is InChI=1S/C18H27N5O/c1-19-18(21-12-15-8-4-5-10-20-15)22-16-9-11-23(13-16)17(24)14-6-2-3-7-14/h4-5,8,10,14,16H,2-3,6-7,9,11-13H2,1H3,(H2,19,21,22). The molecule has 1 saturated carbocycles. The average molecular weight is 329 g/mol. The van der Waals surface area contributed by atoms with Crippen LogP contribution in [0, 0.1) is 5.92 Å². The lowest BCUT2D eigenvalue weighted by Crippen LogP contribution is -2.45. The summed E-state index contributed by atoms with van der Waals surface area (Å²) in [5, 5.41) is 6.71. The fraction of sp³-hybridized carbons (Fsp3) is 0.611. The number of carbonyl (C=O) groups is 1. The van der Waals surface area contributed by atoms with Gasteiger partial charge < -0.3 is 15.5 Å². The average Bonchev–Trinajstić information content (AvgIpc) is 3.31. The van der Waals surface area contributed by atoms with Gasteiger partial charge in [0.15, 0.2) is 5.96 Å². The predicted octanol–water partition coefficient (Wildman–Crippen LogP) is 1.54. The molecular weight excluding hydrogens is 302 g/mol. The van der Waals surface area contributed by atoms with Gasteiger partial charge in [0.25, 0.3) is 0 Å². The molecule has 1 unspecified atom stereocenters. The molecule has 130 valence electrons. The van der Waals surface area contributed by atoms with E-state index in [-0.39, 0.29) is 12.0 Å². The molecular formula is C18H27N5O. The van der Waals surface area contributed by atoms with E-state index in [9.17, 15) is 4.79 Å². The Morgan fingerprint density at radius 1 is 1.33 bits per heavy atom. The van der Waals surface area contributed by atoms with Crippen molar-refractivity contribution in [2.75, 3.05) is 20.1 Å². The van der Waals surface area contributed by atoms with Gasteiger partial charge in [-0.05, 0) is 31.4 Å². The topological polar surface area (TPSA) is 69.6 Å². The van der Waals surface area contributed by atoms with Crippen molar-refractivity contribution in [1.82, 2.24) is 20.5 Å². The minimum Gasteiger partial charge on any atom is -0.352 e. The molecule has 1 atom stereocenters. The molecule has 6 heteroatoms. The zero-order valence-corrected chi connectivity index (χ0v) is 14.4. The zero-order chi connectivity index (χ0) is 16.8. The van der Waals surface area contributed by atoms with Crippen LogP contribution >= 0.6 is 0 Å². The number of amides is 1. The van der Waals surface area contributed by atoms with Crippen LogP contribution in [0.3, 0.4) is 0 Å². The predicted molar refractivity (Wildman–Crippen MR) is 94.5 cm³/mol. The normalized spacial score (nSPS) is 22.0. The first-order valence-corrected chi connectivity index (χ1v) is 8.92. The maximum absolute atomic E-state index is 12.5. The minimum atomic E-state index is 0.269. The molecule has 0 spiro atoms. The molecule has 3 rings (SSSR count). The van der Waals surface area contributed by atoms with Gasteiger partial charge in [0.1, 0.15) is 0 Å². The van der Waals surface area contributed by atoms with Crippen LogP contribution < -0.4 is 10.6 Å². The largest absolute Gasteiger partial charge is 0.352 e. The van der Waals surface area contributed by atoms with E-state index in [4.69, 9.17) is 0 Å². The van der Waals surface area contributed by atoms with Crippen molar-refractivity contribution in [3.05, 3.63) is 30.1 Å². The Balaban J connectivity index is 1.46. The lowest BCUT2D eigenvalue weighted by molar-refractivity contribution is -0.134. The van der Waals surface area contributed by atoms with Gasteiger partial charge in [-0.25, -0.2) is 0 Å². The summed E-state index contributed by atoms with van der Waals surface area (Å²) in [6.07, 6.45) is 7.31. The first kappa shape index (κ1) is 16.7. The highest BCUT2D eigenvalue weighted by atomic mass is 16.2. The molecule has 2 heterocycles. The van der Waals surface area contributed by atoms with E-state index in [2.05, 4.69) is 20.6 Å². The number of rotatable bonds is 4. The van der Waals surface area contributed by atoms with E-state index in [1.807, 2.05) is 23.1 Å². The number of carbonyl (C=O) groups excluding carboxylic acids is 1. The van der Waals surface area contributed by atoms with E-state index < -0.39 is 0 Å². The van der Waals surface area contributed by atoms with Gasteiger partial charge in [-0.15, -0.1) is 0 Å². The van der Waals surface area contributed by atoms with Gasteiger partial charge in [0, 0.05) is 38.3 Å². The fourth-order valence-electron chi connectivity index (χ4n) is 3.57. The van der Waals surface area contributed by atoms with Crippen molar-refractivity contribution in [2.45, 2.75) is 44.7 Å². The molecule has 0 radical (unpaired) electrons. The maximum Gasteiger partial charge on any atom is 0.225 e. The summed E-state index contributed by atoms with van der Waals surface area (Å²) in [5.74, 6) is 1.39. The van der Waals surface area contributed by atoms with E-state index in [1.54, 1.807) is 13.2 Å². The first-order valence-electron chi connectivity index (χ1n) is 8.92. The quantitative estimate of drug-likeness (QED) is 0.649. The fourth-order valence-corrected chi connectivity index (χ4v) is 3.57.